The lowest BCUT2D eigenvalue weighted by Crippen LogP contribution is -1.99. The van der Waals surface area contributed by atoms with E-state index in [9.17, 15) is 0 Å². The summed E-state index contributed by atoms with van der Waals surface area (Å²) >= 11 is 0. The molecule has 36 heavy (non-hydrogen) atoms. The molecule has 0 saturated carbocycles. The van der Waals surface area contributed by atoms with Gasteiger partial charge in [0.2, 0.25) is 0 Å². The van der Waals surface area contributed by atoms with Gasteiger partial charge in [0.05, 0.1) is 5.69 Å². The van der Waals surface area contributed by atoms with Gasteiger partial charge in [-0.2, -0.15) is 0 Å². The van der Waals surface area contributed by atoms with Gasteiger partial charge in [-0.25, -0.2) is 0 Å². The Hall–Kier alpha value is -3.19. The molecule has 0 amide bonds. The third kappa shape index (κ3) is 6.94. The van der Waals surface area contributed by atoms with Crippen LogP contribution in [0.1, 0.15) is 76.3 Å². The molecule has 1 heterocycles. The molecule has 0 aliphatic rings. The van der Waals surface area contributed by atoms with Gasteiger partial charge in [-0.15, -0.1) is 0 Å². The van der Waals surface area contributed by atoms with E-state index in [-0.39, 0.29) is 0 Å². The smallest absolute Gasteiger partial charge is 0.0702 e. The molecule has 0 aliphatic carbocycles. The number of aromatic nitrogens is 1. The average molecular weight is 476 g/mol. The van der Waals surface area contributed by atoms with Crippen LogP contribution in [0, 0.1) is 0 Å². The first-order chi connectivity index (χ1) is 17.8. The van der Waals surface area contributed by atoms with Crippen LogP contribution >= 0.6 is 0 Å². The van der Waals surface area contributed by atoms with Crippen molar-refractivity contribution in [2.24, 2.45) is 0 Å². The molecule has 0 saturated heterocycles. The van der Waals surface area contributed by atoms with Gasteiger partial charge >= 0.3 is 0 Å². The van der Waals surface area contributed by atoms with Crippen molar-refractivity contribution in [3.05, 3.63) is 102 Å². The van der Waals surface area contributed by atoms with Crippen LogP contribution in [0.3, 0.4) is 0 Å². The minimum Gasteiger partial charge on any atom is -0.256 e. The standard InChI is InChI=1S/C35H41N/c1-3-5-7-10-19-30-27-34(29-21-16-22-32(25-29)35-23-14-15-24-36-35)31(20-11-8-6-4-2)26-33(30)28-17-12-9-13-18-28/h9,12-18,21-27H,3-8,10-11,19-20H2,1-2H3. The summed E-state index contributed by atoms with van der Waals surface area (Å²) in [6.45, 7) is 4.57. The minimum absolute atomic E-state index is 1.03. The summed E-state index contributed by atoms with van der Waals surface area (Å²) in [5.74, 6) is 0. The van der Waals surface area contributed by atoms with Crippen molar-refractivity contribution in [1.82, 2.24) is 4.98 Å². The van der Waals surface area contributed by atoms with E-state index in [1.165, 1.54) is 90.3 Å². The molecule has 0 fully saturated rings. The van der Waals surface area contributed by atoms with E-state index in [4.69, 9.17) is 0 Å². The highest BCUT2D eigenvalue weighted by Crippen LogP contribution is 2.36. The highest BCUT2D eigenvalue weighted by atomic mass is 14.7. The quantitative estimate of drug-likeness (QED) is 0.175. The third-order valence-electron chi connectivity index (χ3n) is 7.15. The molecule has 1 nitrogen and oxygen atoms in total. The van der Waals surface area contributed by atoms with E-state index < -0.39 is 0 Å². The molecule has 1 aromatic heterocycles. The van der Waals surface area contributed by atoms with Crippen LogP contribution in [0.15, 0.2) is 91.1 Å². The molecule has 4 aromatic rings. The molecule has 0 bridgehead atoms. The van der Waals surface area contributed by atoms with E-state index in [2.05, 4.69) is 97.7 Å². The Morgan fingerprint density at radius 2 is 1.08 bits per heavy atom. The largest absolute Gasteiger partial charge is 0.256 e. The maximum absolute atomic E-state index is 4.61. The second-order valence-corrected chi connectivity index (χ2v) is 9.95. The molecule has 3 aromatic carbocycles. The molecule has 1 heteroatoms. The van der Waals surface area contributed by atoms with E-state index in [1.54, 1.807) is 0 Å². The van der Waals surface area contributed by atoms with Crippen molar-refractivity contribution in [2.75, 3.05) is 0 Å². The first kappa shape index (κ1) is 25.9. The molecule has 0 spiro atoms. The summed E-state index contributed by atoms with van der Waals surface area (Å²) in [5, 5.41) is 0. The van der Waals surface area contributed by atoms with Gasteiger partial charge in [0.15, 0.2) is 0 Å². The summed E-state index contributed by atoms with van der Waals surface area (Å²) in [7, 11) is 0. The van der Waals surface area contributed by atoms with E-state index in [0.29, 0.717) is 0 Å². The van der Waals surface area contributed by atoms with Gasteiger partial charge in [0.1, 0.15) is 0 Å². The van der Waals surface area contributed by atoms with Gasteiger partial charge in [-0.05, 0) is 77.3 Å². The lowest BCUT2D eigenvalue weighted by Gasteiger charge is -2.18. The number of pyridine rings is 1. The highest BCUT2D eigenvalue weighted by Gasteiger charge is 2.14. The third-order valence-corrected chi connectivity index (χ3v) is 7.15. The first-order valence-electron chi connectivity index (χ1n) is 14.0. The molecular formula is C35H41N. The second-order valence-electron chi connectivity index (χ2n) is 9.95. The lowest BCUT2D eigenvalue weighted by atomic mass is 9.86. The maximum atomic E-state index is 4.61. The average Bonchev–Trinajstić information content (AvgIpc) is 2.94. The van der Waals surface area contributed by atoms with Crippen molar-refractivity contribution < 1.29 is 0 Å². The number of benzene rings is 3. The molecule has 0 aliphatic heterocycles. The van der Waals surface area contributed by atoms with Crippen molar-refractivity contribution >= 4 is 0 Å². The number of hydrogen-bond acceptors (Lipinski definition) is 1. The number of rotatable bonds is 13. The van der Waals surface area contributed by atoms with Gasteiger partial charge in [-0.1, -0.05) is 119 Å². The molecule has 0 N–H and O–H groups in total. The van der Waals surface area contributed by atoms with Gasteiger partial charge in [0.25, 0.3) is 0 Å². The van der Waals surface area contributed by atoms with Crippen molar-refractivity contribution in [3.8, 4) is 33.5 Å². The van der Waals surface area contributed by atoms with E-state index >= 15 is 0 Å². The van der Waals surface area contributed by atoms with E-state index in [0.717, 1.165) is 18.5 Å². The first-order valence-corrected chi connectivity index (χ1v) is 14.0. The summed E-state index contributed by atoms with van der Waals surface area (Å²) in [6.07, 6.45) is 14.4. The monoisotopic (exact) mass is 475 g/mol. The van der Waals surface area contributed by atoms with Gasteiger partial charge < -0.3 is 0 Å². The Kier molecular flexibility index (Phi) is 9.91. The fourth-order valence-electron chi connectivity index (χ4n) is 5.12. The van der Waals surface area contributed by atoms with Gasteiger partial charge in [-0.3, -0.25) is 4.98 Å². The zero-order valence-electron chi connectivity index (χ0n) is 22.2. The predicted molar refractivity (Wildman–Crippen MR) is 156 cm³/mol. The van der Waals surface area contributed by atoms with Crippen LogP contribution in [0.4, 0.5) is 0 Å². The Bertz CT molecular complexity index is 1190. The maximum Gasteiger partial charge on any atom is 0.0702 e. The number of unbranched alkanes of at least 4 members (excludes halogenated alkanes) is 6. The topological polar surface area (TPSA) is 12.9 Å². The molecule has 4 rings (SSSR count). The fourth-order valence-corrected chi connectivity index (χ4v) is 5.12. The SMILES string of the molecule is CCCCCCc1cc(-c2cccc(-c3ccccn3)c2)c(CCCCCC)cc1-c1ccccc1. The Morgan fingerprint density at radius 3 is 1.69 bits per heavy atom. The summed E-state index contributed by atoms with van der Waals surface area (Å²) in [5.41, 5.74) is 10.6. The summed E-state index contributed by atoms with van der Waals surface area (Å²) < 4.78 is 0. The number of aryl methyl sites for hydroxylation is 2. The zero-order chi connectivity index (χ0) is 25.0. The predicted octanol–water partition coefficient (Wildman–Crippen LogP) is 10.3. The van der Waals surface area contributed by atoms with Crippen LogP contribution in [0.2, 0.25) is 0 Å². The highest BCUT2D eigenvalue weighted by molar-refractivity contribution is 5.79. The zero-order valence-corrected chi connectivity index (χ0v) is 22.2. The van der Waals surface area contributed by atoms with E-state index in [1.807, 2.05) is 12.3 Å². The molecule has 0 atom stereocenters. The van der Waals surface area contributed by atoms with Crippen LogP contribution in [-0.2, 0) is 12.8 Å². The Morgan fingerprint density at radius 1 is 0.500 bits per heavy atom. The molecule has 0 unspecified atom stereocenters. The normalized spacial score (nSPS) is 11.1. The van der Waals surface area contributed by atoms with Crippen molar-refractivity contribution in [3.63, 3.8) is 0 Å². The number of nitrogens with zero attached hydrogens (tertiary/aromatic N) is 1. The molecule has 186 valence electrons. The van der Waals surface area contributed by atoms with Crippen LogP contribution in [0.5, 0.6) is 0 Å². The molecule has 0 radical (unpaired) electrons. The lowest BCUT2D eigenvalue weighted by molar-refractivity contribution is 0.664. The molecular weight excluding hydrogens is 434 g/mol. The summed E-state index contributed by atoms with van der Waals surface area (Å²) in [4.78, 5) is 4.61. The van der Waals surface area contributed by atoms with Crippen LogP contribution in [-0.4, -0.2) is 4.98 Å². The second kappa shape index (κ2) is 13.8. The van der Waals surface area contributed by atoms with Crippen LogP contribution < -0.4 is 0 Å². The fraction of sp³-hybridized carbons (Fsp3) is 0.343. The minimum atomic E-state index is 1.03. The summed E-state index contributed by atoms with van der Waals surface area (Å²) in [6, 6.07) is 31.1. The van der Waals surface area contributed by atoms with Crippen LogP contribution in [0.25, 0.3) is 33.5 Å². The Balaban J connectivity index is 1.78. The number of hydrogen-bond donors (Lipinski definition) is 0. The Labute approximate surface area is 218 Å². The van der Waals surface area contributed by atoms with Gasteiger partial charge in [0, 0.05) is 11.8 Å². The van der Waals surface area contributed by atoms with Crippen molar-refractivity contribution in [1.29, 1.82) is 0 Å². The van der Waals surface area contributed by atoms with Crippen molar-refractivity contribution in [2.45, 2.75) is 78.1 Å².